The molecule has 0 spiro atoms. The molecule has 7 N–H and O–H groups in total. The molecule has 0 aliphatic rings. The van der Waals surface area contributed by atoms with Crippen LogP contribution in [0.15, 0.2) is 30.5 Å². The number of aromatic nitrogens is 1. The number of carbonyl (C=O) groups excluding carboxylic acids is 3. The normalized spacial score (nSPS) is 15.5. The van der Waals surface area contributed by atoms with Crippen LogP contribution in [-0.4, -0.2) is 57.9 Å². The molecule has 0 saturated carbocycles. The van der Waals surface area contributed by atoms with E-state index in [1.807, 2.05) is 52.0 Å². The summed E-state index contributed by atoms with van der Waals surface area (Å²) >= 11 is 0. The molecular formula is C26H39N5O5. The second-order valence-corrected chi connectivity index (χ2v) is 9.80. The summed E-state index contributed by atoms with van der Waals surface area (Å²) < 4.78 is 0. The first-order valence-electron chi connectivity index (χ1n) is 12.4. The third-order valence-electron chi connectivity index (χ3n) is 6.32. The molecule has 5 unspecified atom stereocenters. The maximum absolute atomic E-state index is 13.0. The predicted molar refractivity (Wildman–Crippen MR) is 138 cm³/mol. The van der Waals surface area contributed by atoms with Crippen LogP contribution < -0.4 is 21.7 Å². The number of nitrogens with one attached hydrogen (secondary N) is 4. The average Bonchev–Trinajstić information content (AvgIpc) is 3.23. The SMILES string of the molecule is CCC(C)C(NC(=O)C(N)CC(C)C)C(=O)NC(C)C(=O)NC(Cc1c[nH]c2ccccc12)C(=O)O. The number of rotatable bonds is 13. The van der Waals surface area contributed by atoms with Gasteiger partial charge in [0, 0.05) is 23.5 Å². The standard InChI is InChI=1S/C26H39N5O5/c1-6-15(4)22(31-24(33)19(27)11-14(2)3)25(34)29-16(5)23(32)30-21(26(35)36)12-17-13-28-20-10-8-7-9-18(17)20/h7-10,13-16,19,21-22,28H,6,11-12,27H2,1-5H3,(H,29,34)(H,30,32)(H,31,33)(H,35,36). The van der Waals surface area contributed by atoms with Crippen LogP contribution in [-0.2, 0) is 25.6 Å². The Morgan fingerprint density at radius 2 is 1.64 bits per heavy atom. The van der Waals surface area contributed by atoms with Gasteiger partial charge in [-0.3, -0.25) is 14.4 Å². The Bertz CT molecular complexity index is 1070. The fourth-order valence-corrected chi connectivity index (χ4v) is 3.96. The summed E-state index contributed by atoms with van der Waals surface area (Å²) in [5, 5.41) is 18.4. The van der Waals surface area contributed by atoms with E-state index in [0.717, 1.165) is 16.5 Å². The lowest BCUT2D eigenvalue weighted by atomic mass is 9.96. The minimum atomic E-state index is -1.19. The van der Waals surface area contributed by atoms with Gasteiger partial charge < -0.3 is 31.8 Å². The van der Waals surface area contributed by atoms with E-state index >= 15 is 0 Å². The first-order chi connectivity index (χ1) is 16.9. The number of fused-ring (bicyclic) bond motifs is 1. The predicted octanol–water partition coefficient (Wildman–Crippen LogP) is 1.69. The summed E-state index contributed by atoms with van der Waals surface area (Å²) in [4.78, 5) is 53.3. The van der Waals surface area contributed by atoms with Gasteiger partial charge in [-0.15, -0.1) is 0 Å². The molecule has 198 valence electrons. The minimum Gasteiger partial charge on any atom is -0.480 e. The molecule has 2 rings (SSSR count). The smallest absolute Gasteiger partial charge is 0.326 e. The van der Waals surface area contributed by atoms with Crippen molar-refractivity contribution < 1.29 is 24.3 Å². The van der Waals surface area contributed by atoms with Crippen LogP contribution in [0, 0.1) is 11.8 Å². The summed E-state index contributed by atoms with van der Waals surface area (Å²) in [5.74, 6) is -2.76. The van der Waals surface area contributed by atoms with Crippen molar-refractivity contribution in [2.75, 3.05) is 0 Å². The Balaban J connectivity index is 2.04. The zero-order valence-corrected chi connectivity index (χ0v) is 21.6. The topological polar surface area (TPSA) is 166 Å². The van der Waals surface area contributed by atoms with Gasteiger partial charge >= 0.3 is 5.97 Å². The van der Waals surface area contributed by atoms with Gasteiger partial charge in [0.05, 0.1) is 6.04 Å². The molecular weight excluding hydrogens is 462 g/mol. The van der Waals surface area contributed by atoms with Crippen LogP contribution in [0.3, 0.4) is 0 Å². The molecule has 0 bridgehead atoms. The Morgan fingerprint density at radius 1 is 0.972 bits per heavy atom. The van der Waals surface area contributed by atoms with Gasteiger partial charge in [0.25, 0.3) is 0 Å². The van der Waals surface area contributed by atoms with Crippen LogP contribution in [0.1, 0.15) is 53.0 Å². The highest BCUT2D eigenvalue weighted by molar-refractivity contribution is 5.94. The second kappa shape index (κ2) is 13.1. The van der Waals surface area contributed by atoms with E-state index in [2.05, 4.69) is 20.9 Å². The molecule has 10 heteroatoms. The number of aliphatic carboxylic acids is 1. The van der Waals surface area contributed by atoms with E-state index < -0.39 is 47.9 Å². The third-order valence-corrected chi connectivity index (χ3v) is 6.32. The third kappa shape index (κ3) is 7.81. The summed E-state index contributed by atoms with van der Waals surface area (Å²) in [6.07, 6.45) is 2.89. The fraction of sp³-hybridized carbons (Fsp3) is 0.538. The second-order valence-electron chi connectivity index (χ2n) is 9.80. The van der Waals surface area contributed by atoms with E-state index in [4.69, 9.17) is 5.73 Å². The number of amides is 3. The van der Waals surface area contributed by atoms with Gasteiger partial charge in [-0.05, 0) is 36.8 Å². The van der Waals surface area contributed by atoms with Crippen LogP contribution >= 0.6 is 0 Å². The highest BCUT2D eigenvalue weighted by atomic mass is 16.4. The fourth-order valence-electron chi connectivity index (χ4n) is 3.96. The summed E-state index contributed by atoms with van der Waals surface area (Å²) in [5.41, 5.74) is 7.59. The van der Waals surface area contributed by atoms with Gasteiger partial charge in [-0.25, -0.2) is 4.79 Å². The Hall–Kier alpha value is -3.40. The molecule has 1 aromatic carbocycles. The molecule has 36 heavy (non-hydrogen) atoms. The molecule has 0 saturated heterocycles. The van der Waals surface area contributed by atoms with Crippen molar-refractivity contribution in [2.24, 2.45) is 17.6 Å². The molecule has 1 aromatic heterocycles. The molecule has 5 atom stereocenters. The van der Waals surface area contributed by atoms with Gasteiger partial charge in [-0.1, -0.05) is 52.3 Å². The summed E-state index contributed by atoms with van der Waals surface area (Å²) in [6.45, 7) is 9.09. The number of para-hydroxylation sites is 1. The van der Waals surface area contributed by atoms with Crippen molar-refractivity contribution in [1.29, 1.82) is 0 Å². The zero-order valence-electron chi connectivity index (χ0n) is 21.6. The number of carboxylic acids is 1. The van der Waals surface area contributed by atoms with Gasteiger partial charge in [-0.2, -0.15) is 0 Å². The summed E-state index contributed by atoms with van der Waals surface area (Å²) in [7, 11) is 0. The Kier molecular flexibility index (Phi) is 10.5. The van der Waals surface area contributed by atoms with Crippen LogP contribution in [0.2, 0.25) is 0 Å². The molecule has 0 radical (unpaired) electrons. The molecule has 0 fully saturated rings. The average molecular weight is 502 g/mol. The lowest BCUT2D eigenvalue weighted by molar-refractivity contribution is -0.142. The van der Waals surface area contributed by atoms with Crippen molar-refractivity contribution in [3.63, 3.8) is 0 Å². The first-order valence-corrected chi connectivity index (χ1v) is 12.4. The maximum atomic E-state index is 13.0. The number of nitrogens with two attached hydrogens (primary N) is 1. The number of H-pyrrole nitrogens is 1. The Labute approximate surface area is 211 Å². The monoisotopic (exact) mass is 501 g/mol. The minimum absolute atomic E-state index is 0.0744. The quantitative estimate of drug-likeness (QED) is 0.244. The molecule has 10 nitrogen and oxygen atoms in total. The molecule has 0 aliphatic heterocycles. The van der Waals surface area contributed by atoms with Crippen LogP contribution in [0.4, 0.5) is 0 Å². The van der Waals surface area contributed by atoms with E-state index in [9.17, 15) is 24.3 Å². The number of carboxylic acid groups (broad SMARTS) is 1. The van der Waals surface area contributed by atoms with Gasteiger partial charge in [0.15, 0.2) is 0 Å². The molecule has 1 heterocycles. The van der Waals surface area contributed by atoms with Crippen molar-refractivity contribution in [3.8, 4) is 0 Å². The largest absolute Gasteiger partial charge is 0.480 e. The highest BCUT2D eigenvalue weighted by Gasteiger charge is 2.31. The maximum Gasteiger partial charge on any atom is 0.326 e. The van der Waals surface area contributed by atoms with E-state index in [1.165, 1.54) is 6.92 Å². The van der Waals surface area contributed by atoms with E-state index in [1.54, 1.807) is 6.20 Å². The van der Waals surface area contributed by atoms with Crippen molar-refractivity contribution in [1.82, 2.24) is 20.9 Å². The van der Waals surface area contributed by atoms with Crippen LogP contribution in [0.25, 0.3) is 10.9 Å². The molecule has 3 amide bonds. The van der Waals surface area contributed by atoms with Gasteiger partial charge in [0.1, 0.15) is 18.1 Å². The molecule has 0 aliphatic carbocycles. The van der Waals surface area contributed by atoms with Crippen molar-refractivity contribution in [2.45, 2.75) is 78.0 Å². The number of benzene rings is 1. The number of hydrogen-bond acceptors (Lipinski definition) is 5. The van der Waals surface area contributed by atoms with Crippen molar-refractivity contribution in [3.05, 3.63) is 36.0 Å². The van der Waals surface area contributed by atoms with Crippen LogP contribution in [0.5, 0.6) is 0 Å². The highest BCUT2D eigenvalue weighted by Crippen LogP contribution is 2.19. The molecule has 2 aromatic rings. The van der Waals surface area contributed by atoms with E-state index in [-0.39, 0.29) is 18.3 Å². The number of aromatic amines is 1. The number of carbonyl (C=O) groups is 4. The van der Waals surface area contributed by atoms with Crippen molar-refractivity contribution >= 4 is 34.6 Å². The lowest BCUT2D eigenvalue weighted by Crippen LogP contribution is -2.58. The Morgan fingerprint density at radius 3 is 2.25 bits per heavy atom. The summed E-state index contributed by atoms with van der Waals surface area (Å²) in [6, 6.07) is 3.66. The first kappa shape index (κ1) is 28.8. The zero-order chi connectivity index (χ0) is 27.0. The van der Waals surface area contributed by atoms with Gasteiger partial charge in [0.2, 0.25) is 17.7 Å². The number of hydrogen-bond donors (Lipinski definition) is 6. The van der Waals surface area contributed by atoms with E-state index in [0.29, 0.717) is 12.8 Å². The lowest BCUT2D eigenvalue weighted by Gasteiger charge is -2.27.